The number of nitrogens with one attached hydrogen (secondary N) is 1. The minimum atomic E-state index is -0.154. The quantitative estimate of drug-likeness (QED) is 0.867. The molecule has 1 fully saturated rings. The molecule has 3 rings (SSSR count). The van der Waals surface area contributed by atoms with Crippen LogP contribution in [0.5, 0.6) is 0 Å². The smallest absolute Gasteiger partial charge is 0.306 e. The molecule has 1 saturated carbocycles. The maximum Gasteiger partial charge on any atom is 0.306 e. The van der Waals surface area contributed by atoms with E-state index in [0.29, 0.717) is 19.3 Å². The van der Waals surface area contributed by atoms with E-state index in [1.54, 1.807) is 0 Å². The number of rotatable bonds is 4. The number of anilines is 1. The molecule has 4 nitrogen and oxygen atoms in total. The Labute approximate surface area is 131 Å². The number of hydrogen-bond acceptors (Lipinski definition) is 3. The average molecular weight is 301 g/mol. The minimum absolute atomic E-state index is 0.0177. The molecular formula is C18H23NO3. The Morgan fingerprint density at radius 3 is 2.77 bits per heavy atom. The van der Waals surface area contributed by atoms with Crippen molar-refractivity contribution in [1.82, 2.24) is 0 Å². The fourth-order valence-corrected chi connectivity index (χ4v) is 3.37. The SMILES string of the molecule is O=C(CCC1Cc2ccccc2NC1=O)OC1CCCCC1. The molecule has 1 amide bonds. The summed E-state index contributed by atoms with van der Waals surface area (Å²) in [6.45, 7) is 0. The summed E-state index contributed by atoms with van der Waals surface area (Å²) in [7, 11) is 0. The van der Waals surface area contributed by atoms with Gasteiger partial charge in [-0.25, -0.2) is 0 Å². The highest BCUT2D eigenvalue weighted by Gasteiger charge is 2.27. The van der Waals surface area contributed by atoms with E-state index in [-0.39, 0.29) is 23.9 Å². The van der Waals surface area contributed by atoms with Gasteiger partial charge in [0.05, 0.1) is 0 Å². The highest BCUT2D eigenvalue weighted by atomic mass is 16.5. The number of carbonyl (C=O) groups is 2. The number of fused-ring (bicyclic) bond motifs is 1. The van der Waals surface area contributed by atoms with E-state index in [9.17, 15) is 9.59 Å². The summed E-state index contributed by atoms with van der Waals surface area (Å²) < 4.78 is 5.52. The number of benzene rings is 1. The molecule has 0 radical (unpaired) electrons. The Balaban J connectivity index is 1.49. The molecule has 1 aliphatic heterocycles. The van der Waals surface area contributed by atoms with Crippen LogP contribution in [0.3, 0.4) is 0 Å². The van der Waals surface area contributed by atoms with Gasteiger partial charge in [-0.2, -0.15) is 0 Å². The topological polar surface area (TPSA) is 55.4 Å². The molecule has 1 aromatic carbocycles. The van der Waals surface area contributed by atoms with Crippen LogP contribution in [0.25, 0.3) is 0 Å². The second kappa shape index (κ2) is 6.95. The van der Waals surface area contributed by atoms with Gasteiger partial charge in [0, 0.05) is 18.0 Å². The first-order chi connectivity index (χ1) is 10.7. The zero-order valence-corrected chi connectivity index (χ0v) is 12.8. The standard InChI is InChI=1S/C18H23NO3/c20-17(22-15-7-2-1-3-8-15)11-10-14-12-13-6-4-5-9-16(13)19-18(14)21/h4-6,9,14-15H,1-3,7-8,10-12H2,(H,19,21). The summed E-state index contributed by atoms with van der Waals surface area (Å²) >= 11 is 0. The molecule has 1 N–H and O–H groups in total. The van der Waals surface area contributed by atoms with Crippen LogP contribution in [0.2, 0.25) is 0 Å². The molecule has 1 aliphatic carbocycles. The highest BCUT2D eigenvalue weighted by molar-refractivity contribution is 5.95. The van der Waals surface area contributed by atoms with Crippen LogP contribution in [0.4, 0.5) is 5.69 Å². The largest absolute Gasteiger partial charge is 0.462 e. The molecule has 2 aliphatic rings. The number of carbonyl (C=O) groups excluding carboxylic acids is 2. The van der Waals surface area contributed by atoms with Crippen LogP contribution < -0.4 is 5.32 Å². The van der Waals surface area contributed by atoms with E-state index in [2.05, 4.69) is 5.32 Å². The summed E-state index contributed by atoms with van der Waals surface area (Å²) in [6, 6.07) is 7.84. The molecule has 118 valence electrons. The Hall–Kier alpha value is -1.84. The van der Waals surface area contributed by atoms with E-state index >= 15 is 0 Å². The first kappa shape index (κ1) is 15.1. The summed E-state index contributed by atoms with van der Waals surface area (Å²) in [5.41, 5.74) is 2.04. The van der Waals surface area contributed by atoms with Crippen LogP contribution in [-0.2, 0) is 20.7 Å². The third-order valence-corrected chi connectivity index (χ3v) is 4.66. The van der Waals surface area contributed by atoms with Crippen molar-refractivity contribution in [2.24, 2.45) is 5.92 Å². The van der Waals surface area contributed by atoms with E-state index in [0.717, 1.165) is 36.9 Å². The Morgan fingerprint density at radius 2 is 1.95 bits per heavy atom. The molecule has 1 aromatic rings. The van der Waals surface area contributed by atoms with Gasteiger partial charge in [0.1, 0.15) is 6.10 Å². The summed E-state index contributed by atoms with van der Waals surface area (Å²) in [6.07, 6.45) is 7.23. The average Bonchev–Trinajstić information content (AvgIpc) is 2.54. The van der Waals surface area contributed by atoms with Crippen LogP contribution in [0.1, 0.15) is 50.5 Å². The Bertz CT molecular complexity index is 549. The molecule has 0 saturated heterocycles. The predicted octanol–water partition coefficient (Wildman–Crippen LogP) is 3.45. The van der Waals surface area contributed by atoms with Gasteiger partial charge in [-0.05, 0) is 50.2 Å². The number of para-hydroxylation sites is 1. The second-order valence-electron chi connectivity index (χ2n) is 6.34. The summed E-state index contributed by atoms with van der Waals surface area (Å²) in [5, 5.41) is 2.92. The van der Waals surface area contributed by atoms with Gasteiger partial charge >= 0.3 is 5.97 Å². The zero-order valence-electron chi connectivity index (χ0n) is 12.8. The van der Waals surface area contributed by atoms with E-state index in [4.69, 9.17) is 4.74 Å². The lowest BCUT2D eigenvalue weighted by Crippen LogP contribution is -2.30. The summed E-state index contributed by atoms with van der Waals surface area (Å²) in [4.78, 5) is 24.0. The van der Waals surface area contributed by atoms with Gasteiger partial charge in [-0.1, -0.05) is 24.6 Å². The molecule has 0 aromatic heterocycles. The normalized spacial score (nSPS) is 21.8. The molecular weight excluding hydrogens is 278 g/mol. The Morgan fingerprint density at radius 1 is 1.18 bits per heavy atom. The van der Waals surface area contributed by atoms with Crippen LogP contribution in [0.15, 0.2) is 24.3 Å². The number of ether oxygens (including phenoxy) is 1. The lowest BCUT2D eigenvalue weighted by molar-refractivity contribution is -0.150. The van der Waals surface area contributed by atoms with Crippen molar-refractivity contribution in [2.45, 2.75) is 57.5 Å². The van der Waals surface area contributed by atoms with Crippen LogP contribution >= 0.6 is 0 Å². The van der Waals surface area contributed by atoms with Gasteiger partial charge in [-0.3, -0.25) is 9.59 Å². The highest BCUT2D eigenvalue weighted by Crippen LogP contribution is 2.28. The van der Waals surface area contributed by atoms with Gasteiger partial charge in [0.25, 0.3) is 0 Å². The third-order valence-electron chi connectivity index (χ3n) is 4.66. The minimum Gasteiger partial charge on any atom is -0.462 e. The van der Waals surface area contributed by atoms with Crippen molar-refractivity contribution in [2.75, 3.05) is 5.32 Å². The lowest BCUT2D eigenvalue weighted by atomic mass is 9.90. The second-order valence-corrected chi connectivity index (χ2v) is 6.34. The molecule has 0 spiro atoms. The first-order valence-corrected chi connectivity index (χ1v) is 8.30. The molecule has 22 heavy (non-hydrogen) atoms. The van der Waals surface area contributed by atoms with Crippen molar-refractivity contribution < 1.29 is 14.3 Å². The van der Waals surface area contributed by atoms with Crippen LogP contribution in [0, 0.1) is 5.92 Å². The van der Waals surface area contributed by atoms with E-state index in [1.807, 2.05) is 24.3 Å². The fraction of sp³-hybridized carbons (Fsp3) is 0.556. The maximum absolute atomic E-state index is 12.1. The van der Waals surface area contributed by atoms with Crippen molar-refractivity contribution in [3.05, 3.63) is 29.8 Å². The molecule has 1 heterocycles. The van der Waals surface area contributed by atoms with Crippen molar-refractivity contribution in [3.8, 4) is 0 Å². The third kappa shape index (κ3) is 3.67. The van der Waals surface area contributed by atoms with Crippen LogP contribution in [-0.4, -0.2) is 18.0 Å². The van der Waals surface area contributed by atoms with Gasteiger partial charge in [0.15, 0.2) is 0 Å². The predicted molar refractivity (Wildman–Crippen MR) is 84.5 cm³/mol. The monoisotopic (exact) mass is 301 g/mol. The summed E-state index contributed by atoms with van der Waals surface area (Å²) in [5.74, 6) is -0.267. The van der Waals surface area contributed by atoms with E-state index in [1.165, 1.54) is 6.42 Å². The van der Waals surface area contributed by atoms with Crippen molar-refractivity contribution in [3.63, 3.8) is 0 Å². The van der Waals surface area contributed by atoms with Gasteiger partial charge in [0.2, 0.25) is 5.91 Å². The molecule has 0 bridgehead atoms. The first-order valence-electron chi connectivity index (χ1n) is 8.30. The molecule has 1 atom stereocenters. The number of amides is 1. The molecule has 4 heteroatoms. The fourth-order valence-electron chi connectivity index (χ4n) is 3.37. The van der Waals surface area contributed by atoms with Gasteiger partial charge < -0.3 is 10.1 Å². The van der Waals surface area contributed by atoms with Crippen molar-refractivity contribution >= 4 is 17.6 Å². The van der Waals surface area contributed by atoms with Gasteiger partial charge in [-0.15, -0.1) is 0 Å². The number of esters is 1. The van der Waals surface area contributed by atoms with E-state index < -0.39 is 0 Å². The Kier molecular flexibility index (Phi) is 4.76. The van der Waals surface area contributed by atoms with Crippen molar-refractivity contribution in [1.29, 1.82) is 0 Å². The maximum atomic E-state index is 12.1. The zero-order chi connectivity index (χ0) is 15.4. The lowest BCUT2D eigenvalue weighted by Gasteiger charge is -2.25. The number of hydrogen-bond donors (Lipinski definition) is 1. The molecule has 1 unspecified atom stereocenters.